The van der Waals surface area contributed by atoms with Crippen molar-refractivity contribution in [3.63, 3.8) is 0 Å². The van der Waals surface area contributed by atoms with Crippen molar-refractivity contribution in [3.8, 4) is 5.69 Å². The van der Waals surface area contributed by atoms with Crippen molar-refractivity contribution in [3.05, 3.63) is 77.6 Å². The van der Waals surface area contributed by atoms with E-state index in [4.69, 9.17) is 4.74 Å². The number of morpholine rings is 1. The maximum Gasteiger partial charge on any atom is 0.435 e. The van der Waals surface area contributed by atoms with E-state index < -0.39 is 11.9 Å². The van der Waals surface area contributed by atoms with E-state index >= 15 is 0 Å². The van der Waals surface area contributed by atoms with Crippen molar-refractivity contribution in [2.24, 2.45) is 0 Å². The van der Waals surface area contributed by atoms with Crippen LogP contribution in [0, 0.1) is 0 Å². The summed E-state index contributed by atoms with van der Waals surface area (Å²) in [6, 6.07) is 14.8. The third-order valence-electron chi connectivity index (χ3n) is 4.97. The van der Waals surface area contributed by atoms with E-state index in [0.717, 1.165) is 49.2 Å². The van der Waals surface area contributed by atoms with Gasteiger partial charge in [-0.05, 0) is 48.0 Å². The Morgan fingerprint density at radius 1 is 1.06 bits per heavy atom. The number of hydrogen-bond acceptors (Lipinski definition) is 4. The number of carbonyl (C=O) groups is 1. The van der Waals surface area contributed by atoms with Crippen LogP contribution < -0.4 is 5.32 Å². The molecule has 1 N–H and O–H groups in total. The molecular weight excluding hydrogens is 409 g/mol. The lowest BCUT2D eigenvalue weighted by Gasteiger charge is -2.26. The molecule has 9 heteroatoms. The summed E-state index contributed by atoms with van der Waals surface area (Å²) in [5.74, 6) is -0.300. The van der Waals surface area contributed by atoms with Crippen LogP contribution >= 0.6 is 0 Å². The van der Waals surface area contributed by atoms with Gasteiger partial charge in [-0.2, -0.15) is 18.3 Å². The van der Waals surface area contributed by atoms with Crippen molar-refractivity contribution in [1.29, 1.82) is 0 Å². The molecule has 1 saturated heterocycles. The molecule has 31 heavy (non-hydrogen) atoms. The Balaban J connectivity index is 1.41. The van der Waals surface area contributed by atoms with Gasteiger partial charge >= 0.3 is 6.18 Å². The van der Waals surface area contributed by atoms with Crippen LogP contribution in [0.25, 0.3) is 5.69 Å². The van der Waals surface area contributed by atoms with Gasteiger partial charge in [0.25, 0.3) is 5.91 Å². The second-order valence-corrected chi connectivity index (χ2v) is 7.23. The molecule has 0 saturated carbocycles. The van der Waals surface area contributed by atoms with Crippen LogP contribution in [0.3, 0.4) is 0 Å². The zero-order chi connectivity index (χ0) is 21.8. The van der Waals surface area contributed by atoms with E-state index in [2.05, 4.69) is 15.3 Å². The van der Waals surface area contributed by atoms with Crippen LogP contribution in [-0.2, 0) is 17.5 Å². The number of nitrogens with one attached hydrogen (secondary N) is 1. The van der Waals surface area contributed by atoms with Crippen LogP contribution in [0.2, 0.25) is 0 Å². The number of benzene rings is 2. The molecule has 2 aromatic carbocycles. The van der Waals surface area contributed by atoms with Crippen molar-refractivity contribution in [2.75, 3.05) is 31.6 Å². The summed E-state index contributed by atoms with van der Waals surface area (Å²) in [6.07, 6.45) is -3.26. The van der Waals surface area contributed by atoms with Crippen molar-refractivity contribution >= 4 is 11.6 Å². The highest BCUT2D eigenvalue weighted by Crippen LogP contribution is 2.28. The predicted octanol–water partition coefficient (Wildman–Crippen LogP) is 3.98. The van der Waals surface area contributed by atoms with Gasteiger partial charge in [0.05, 0.1) is 18.9 Å². The number of anilines is 1. The zero-order valence-electron chi connectivity index (χ0n) is 16.6. The average Bonchev–Trinajstić information content (AvgIpc) is 3.26. The molecule has 0 radical (unpaired) electrons. The summed E-state index contributed by atoms with van der Waals surface area (Å²) in [6.45, 7) is 3.99. The Hall–Kier alpha value is -3.17. The Bertz CT molecular complexity index is 1040. The van der Waals surface area contributed by atoms with E-state index in [1.807, 2.05) is 24.3 Å². The van der Waals surface area contributed by atoms with Gasteiger partial charge in [-0.1, -0.05) is 12.1 Å². The second kappa shape index (κ2) is 8.91. The molecule has 0 atom stereocenters. The number of hydrogen-bond donors (Lipinski definition) is 1. The molecule has 0 aliphatic carbocycles. The highest BCUT2D eigenvalue weighted by Gasteiger charge is 2.33. The van der Waals surface area contributed by atoms with Crippen molar-refractivity contribution in [1.82, 2.24) is 14.7 Å². The van der Waals surface area contributed by atoms with Gasteiger partial charge in [-0.25, -0.2) is 4.68 Å². The number of amides is 1. The van der Waals surface area contributed by atoms with E-state index in [0.29, 0.717) is 16.9 Å². The molecule has 3 aromatic rings. The molecule has 162 valence electrons. The Morgan fingerprint density at radius 3 is 2.48 bits per heavy atom. The average molecular weight is 430 g/mol. The standard InChI is InChI=1S/C22H21F3N4O2/c23-22(24,25)20-8-9-29(27-20)19-6-4-17(5-7-19)21(30)26-18-3-1-2-16(14-18)15-28-10-12-31-13-11-28/h1-9,14H,10-13,15H2,(H,26,30). The van der Waals surface area contributed by atoms with Crippen molar-refractivity contribution in [2.45, 2.75) is 12.7 Å². The second-order valence-electron chi connectivity index (χ2n) is 7.23. The van der Waals surface area contributed by atoms with E-state index in [-0.39, 0.29) is 5.91 Å². The lowest BCUT2D eigenvalue weighted by molar-refractivity contribution is -0.141. The summed E-state index contributed by atoms with van der Waals surface area (Å²) in [4.78, 5) is 14.9. The number of alkyl halides is 3. The van der Waals surface area contributed by atoms with Gasteiger partial charge in [0.2, 0.25) is 0 Å². The minimum absolute atomic E-state index is 0.300. The third-order valence-corrected chi connectivity index (χ3v) is 4.97. The van der Waals surface area contributed by atoms with Crippen LogP contribution in [0.15, 0.2) is 60.8 Å². The molecule has 0 unspecified atom stereocenters. The molecule has 1 aliphatic rings. The fourth-order valence-corrected chi connectivity index (χ4v) is 3.35. The van der Waals surface area contributed by atoms with Crippen LogP contribution in [0.5, 0.6) is 0 Å². The molecule has 1 fully saturated rings. The fourth-order valence-electron chi connectivity index (χ4n) is 3.35. The minimum Gasteiger partial charge on any atom is -0.379 e. The number of rotatable bonds is 5. The monoisotopic (exact) mass is 430 g/mol. The topological polar surface area (TPSA) is 59.4 Å². The highest BCUT2D eigenvalue weighted by atomic mass is 19.4. The SMILES string of the molecule is O=C(Nc1cccc(CN2CCOCC2)c1)c1ccc(-n2ccc(C(F)(F)F)n2)cc1. The van der Waals surface area contributed by atoms with Crippen LogP contribution in [0.4, 0.5) is 18.9 Å². The number of ether oxygens (including phenoxy) is 1. The number of halogens is 3. The summed E-state index contributed by atoms with van der Waals surface area (Å²) < 4.78 is 44.6. The van der Waals surface area contributed by atoms with Gasteiger partial charge < -0.3 is 10.1 Å². The number of aromatic nitrogens is 2. The predicted molar refractivity (Wildman–Crippen MR) is 109 cm³/mol. The largest absolute Gasteiger partial charge is 0.435 e. The minimum atomic E-state index is -4.50. The molecule has 1 aliphatic heterocycles. The molecule has 6 nitrogen and oxygen atoms in total. The Morgan fingerprint density at radius 2 is 1.81 bits per heavy atom. The highest BCUT2D eigenvalue weighted by molar-refractivity contribution is 6.04. The summed E-state index contributed by atoms with van der Waals surface area (Å²) in [5.41, 5.74) is 1.63. The van der Waals surface area contributed by atoms with Gasteiger partial charge in [-0.15, -0.1) is 0 Å². The lowest BCUT2D eigenvalue weighted by Crippen LogP contribution is -2.35. The fraction of sp³-hybridized carbons (Fsp3) is 0.273. The quantitative estimate of drug-likeness (QED) is 0.666. The first kappa shape index (κ1) is 21.1. The first-order chi connectivity index (χ1) is 14.9. The molecule has 0 spiro atoms. The van der Waals surface area contributed by atoms with Gasteiger partial charge in [-0.3, -0.25) is 9.69 Å². The van der Waals surface area contributed by atoms with E-state index in [9.17, 15) is 18.0 Å². The van der Waals surface area contributed by atoms with Crippen molar-refractivity contribution < 1.29 is 22.7 Å². The normalized spacial score (nSPS) is 15.1. The summed E-state index contributed by atoms with van der Waals surface area (Å²) in [7, 11) is 0. The van der Waals surface area contributed by atoms with Gasteiger partial charge in [0.1, 0.15) is 0 Å². The summed E-state index contributed by atoms with van der Waals surface area (Å²) in [5, 5.41) is 6.40. The van der Waals surface area contributed by atoms with Gasteiger partial charge in [0, 0.05) is 37.1 Å². The Kier molecular flexibility index (Phi) is 6.06. The summed E-state index contributed by atoms with van der Waals surface area (Å²) >= 11 is 0. The molecular formula is C22H21F3N4O2. The van der Waals surface area contributed by atoms with E-state index in [1.54, 1.807) is 24.3 Å². The smallest absolute Gasteiger partial charge is 0.379 e. The maximum atomic E-state index is 12.7. The number of nitrogens with zero attached hydrogens (tertiary/aromatic N) is 3. The molecule has 0 bridgehead atoms. The first-order valence-electron chi connectivity index (χ1n) is 9.82. The first-order valence-corrected chi connectivity index (χ1v) is 9.82. The third kappa shape index (κ3) is 5.31. The van der Waals surface area contributed by atoms with E-state index in [1.165, 1.54) is 6.20 Å². The lowest BCUT2D eigenvalue weighted by atomic mass is 10.1. The molecule has 2 heterocycles. The van der Waals surface area contributed by atoms with Gasteiger partial charge in [0.15, 0.2) is 5.69 Å². The van der Waals surface area contributed by atoms with Crippen LogP contribution in [0.1, 0.15) is 21.6 Å². The number of carbonyl (C=O) groups excluding carboxylic acids is 1. The van der Waals surface area contributed by atoms with Crippen LogP contribution in [-0.4, -0.2) is 46.9 Å². The molecule has 4 rings (SSSR count). The maximum absolute atomic E-state index is 12.7. The molecule has 1 amide bonds. The zero-order valence-corrected chi connectivity index (χ0v) is 16.6. The molecule has 1 aromatic heterocycles. The Labute approximate surface area is 177 Å².